The van der Waals surface area contributed by atoms with E-state index in [-0.39, 0.29) is 16.8 Å². The second-order valence-corrected chi connectivity index (χ2v) is 4.80. The molecule has 5 heteroatoms. The molecule has 1 aromatic heterocycles. The molecule has 0 aliphatic heterocycles. The highest BCUT2D eigenvalue weighted by Gasteiger charge is 2.41. The molecule has 2 N–H and O–H groups in total. The monoisotopic (exact) mass is 232 g/mol. The topological polar surface area (TPSA) is 75.1 Å². The average molecular weight is 232 g/mol. The fourth-order valence-electron chi connectivity index (χ4n) is 2.19. The molecular weight excluding hydrogens is 220 g/mol. The number of nitrogens with zero attached hydrogens (tertiary/aromatic N) is 1. The fourth-order valence-corrected chi connectivity index (χ4v) is 2.19. The van der Waals surface area contributed by atoms with E-state index in [2.05, 4.69) is 4.98 Å². The third kappa shape index (κ3) is 1.39. The van der Waals surface area contributed by atoms with Gasteiger partial charge < -0.3 is 10.1 Å². The summed E-state index contributed by atoms with van der Waals surface area (Å²) in [6, 6.07) is 4.72. The molecule has 1 aliphatic rings. The molecule has 0 unspecified atom stereocenters. The molecule has 0 saturated heterocycles. The molecule has 0 spiro atoms. The number of carboxylic acids is 1. The zero-order valence-electron chi connectivity index (χ0n) is 9.36. The highest BCUT2D eigenvalue weighted by Crippen LogP contribution is 2.43. The molecule has 1 heterocycles. The summed E-state index contributed by atoms with van der Waals surface area (Å²) in [5, 5.41) is 8.89. The van der Waals surface area contributed by atoms with E-state index in [1.807, 2.05) is 6.92 Å². The maximum absolute atomic E-state index is 11.9. The van der Waals surface area contributed by atoms with Crippen molar-refractivity contribution in [3.8, 4) is 0 Å². The SMILES string of the molecule is CC1(n2c(=O)[nH]c3cc(C(=O)O)ccc32)CC1. The molecule has 1 fully saturated rings. The van der Waals surface area contributed by atoms with E-state index in [0.717, 1.165) is 18.4 Å². The lowest BCUT2D eigenvalue weighted by Crippen LogP contribution is -2.25. The highest BCUT2D eigenvalue weighted by molar-refractivity contribution is 5.92. The van der Waals surface area contributed by atoms with Crippen LogP contribution in [0.4, 0.5) is 0 Å². The Bertz CT molecular complexity index is 677. The van der Waals surface area contributed by atoms with E-state index in [1.165, 1.54) is 12.1 Å². The molecule has 3 rings (SSSR count). The normalized spacial score (nSPS) is 17.2. The molecule has 0 amide bonds. The number of carbonyl (C=O) groups is 1. The fraction of sp³-hybridized carbons (Fsp3) is 0.333. The van der Waals surface area contributed by atoms with Gasteiger partial charge in [0.25, 0.3) is 0 Å². The largest absolute Gasteiger partial charge is 0.478 e. The zero-order valence-corrected chi connectivity index (χ0v) is 9.36. The molecule has 1 aromatic carbocycles. The van der Waals surface area contributed by atoms with Crippen molar-refractivity contribution < 1.29 is 9.90 Å². The Morgan fingerprint density at radius 1 is 1.47 bits per heavy atom. The Morgan fingerprint density at radius 2 is 2.18 bits per heavy atom. The summed E-state index contributed by atoms with van der Waals surface area (Å²) in [4.78, 5) is 25.4. The number of rotatable bonds is 2. The van der Waals surface area contributed by atoms with E-state index in [4.69, 9.17) is 5.11 Å². The number of hydrogen-bond acceptors (Lipinski definition) is 2. The van der Waals surface area contributed by atoms with Gasteiger partial charge in [-0.2, -0.15) is 0 Å². The number of aromatic amines is 1. The summed E-state index contributed by atoms with van der Waals surface area (Å²) in [5.74, 6) is -0.988. The molecule has 0 atom stereocenters. The first kappa shape index (κ1) is 10.1. The number of benzene rings is 1. The standard InChI is InChI=1S/C12H12N2O3/c1-12(4-5-12)14-9-3-2-7(10(15)16)6-8(9)13-11(14)17/h2-3,6H,4-5H2,1H3,(H,13,17)(H,15,16). The Hall–Kier alpha value is -2.04. The summed E-state index contributed by atoms with van der Waals surface area (Å²) in [6.07, 6.45) is 1.97. The van der Waals surface area contributed by atoms with Gasteiger partial charge in [-0.15, -0.1) is 0 Å². The van der Waals surface area contributed by atoms with Gasteiger partial charge in [0.05, 0.1) is 16.6 Å². The van der Waals surface area contributed by atoms with Crippen molar-refractivity contribution >= 4 is 17.0 Å². The Balaban J connectivity index is 2.29. The minimum absolute atomic E-state index is 0.0971. The molecule has 1 aliphatic carbocycles. The average Bonchev–Trinajstić information content (AvgIpc) is 2.90. The van der Waals surface area contributed by atoms with Crippen LogP contribution in [0.2, 0.25) is 0 Å². The van der Waals surface area contributed by atoms with Gasteiger partial charge in [0, 0.05) is 5.54 Å². The number of H-pyrrole nitrogens is 1. The molecule has 5 nitrogen and oxygen atoms in total. The minimum Gasteiger partial charge on any atom is -0.478 e. The minimum atomic E-state index is -0.988. The van der Waals surface area contributed by atoms with Gasteiger partial charge in [-0.25, -0.2) is 9.59 Å². The first-order valence-electron chi connectivity index (χ1n) is 5.50. The van der Waals surface area contributed by atoms with Crippen molar-refractivity contribution in [3.05, 3.63) is 34.2 Å². The molecular formula is C12H12N2O3. The predicted octanol–water partition coefficient (Wildman–Crippen LogP) is 1.54. The van der Waals surface area contributed by atoms with Crippen LogP contribution in [0, 0.1) is 0 Å². The number of aromatic nitrogens is 2. The number of nitrogens with one attached hydrogen (secondary N) is 1. The lowest BCUT2D eigenvalue weighted by Gasteiger charge is -2.10. The third-order valence-electron chi connectivity index (χ3n) is 3.44. The van der Waals surface area contributed by atoms with Crippen LogP contribution in [0.3, 0.4) is 0 Å². The summed E-state index contributed by atoms with van der Waals surface area (Å²) in [5.41, 5.74) is 1.29. The first-order valence-corrected chi connectivity index (χ1v) is 5.50. The smallest absolute Gasteiger partial charge is 0.335 e. The highest BCUT2D eigenvalue weighted by atomic mass is 16.4. The maximum atomic E-state index is 11.9. The van der Waals surface area contributed by atoms with Crippen molar-refractivity contribution in [1.82, 2.24) is 9.55 Å². The van der Waals surface area contributed by atoms with Crippen molar-refractivity contribution in [1.29, 1.82) is 0 Å². The van der Waals surface area contributed by atoms with Gasteiger partial charge in [0.15, 0.2) is 0 Å². The predicted molar refractivity (Wildman–Crippen MR) is 62.4 cm³/mol. The van der Waals surface area contributed by atoms with E-state index in [1.54, 1.807) is 10.6 Å². The van der Waals surface area contributed by atoms with E-state index >= 15 is 0 Å². The van der Waals surface area contributed by atoms with Gasteiger partial charge in [-0.3, -0.25) is 4.57 Å². The summed E-state index contributed by atoms with van der Waals surface area (Å²) < 4.78 is 1.73. The van der Waals surface area contributed by atoms with Crippen LogP contribution < -0.4 is 5.69 Å². The number of carboxylic acid groups (broad SMARTS) is 1. The van der Waals surface area contributed by atoms with E-state index in [9.17, 15) is 9.59 Å². The van der Waals surface area contributed by atoms with E-state index < -0.39 is 5.97 Å². The van der Waals surface area contributed by atoms with Crippen LogP contribution in [0.25, 0.3) is 11.0 Å². The van der Waals surface area contributed by atoms with Crippen molar-refractivity contribution in [2.45, 2.75) is 25.3 Å². The Kier molecular flexibility index (Phi) is 1.79. The van der Waals surface area contributed by atoms with Crippen LogP contribution in [-0.4, -0.2) is 20.6 Å². The second-order valence-electron chi connectivity index (χ2n) is 4.80. The van der Waals surface area contributed by atoms with Gasteiger partial charge in [-0.05, 0) is 38.0 Å². The van der Waals surface area contributed by atoms with Gasteiger partial charge in [0.1, 0.15) is 0 Å². The van der Waals surface area contributed by atoms with Crippen LogP contribution in [-0.2, 0) is 5.54 Å². The van der Waals surface area contributed by atoms with Gasteiger partial charge >= 0.3 is 11.7 Å². The van der Waals surface area contributed by atoms with Crippen LogP contribution in [0.15, 0.2) is 23.0 Å². The van der Waals surface area contributed by atoms with Crippen molar-refractivity contribution in [2.75, 3.05) is 0 Å². The summed E-state index contributed by atoms with van der Waals surface area (Å²) >= 11 is 0. The van der Waals surface area contributed by atoms with Crippen molar-refractivity contribution in [2.24, 2.45) is 0 Å². The number of hydrogen-bond donors (Lipinski definition) is 2. The molecule has 88 valence electrons. The van der Waals surface area contributed by atoms with Gasteiger partial charge in [-0.1, -0.05) is 0 Å². The molecule has 17 heavy (non-hydrogen) atoms. The van der Waals surface area contributed by atoms with Crippen LogP contribution in [0.5, 0.6) is 0 Å². The van der Waals surface area contributed by atoms with Crippen LogP contribution >= 0.6 is 0 Å². The Morgan fingerprint density at radius 3 is 2.76 bits per heavy atom. The lowest BCUT2D eigenvalue weighted by molar-refractivity contribution is 0.0697. The first-order chi connectivity index (χ1) is 8.01. The molecule has 0 bridgehead atoms. The lowest BCUT2D eigenvalue weighted by atomic mass is 10.2. The summed E-state index contributed by atoms with van der Waals surface area (Å²) in [6.45, 7) is 2.03. The zero-order chi connectivity index (χ0) is 12.2. The van der Waals surface area contributed by atoms with Crippen LogP contribution in [0.1, 0.15) is 30.1 Å². The quantitative estimate of drug-likeness (QED) is 0.824. The molecule has 0 radical (unpaired) electrons. The molecule has 1 saturated carbocycles. The second kappa shape index (κ2) is 3.00. The van der Waals surface area contributed by atoms with Gasteiger partial charge in [0.2, 0.25) is 0 Å². The van der Waals surface area contributed by atoms with E-state index in [0.29, 0.717) is 5.52 Å². The number of aromatic carboxylic acids is 1. The Labute approximate surface area is 96.7 Å². The third-order valence-corrected chi connectivity index (χ3v) is 3.44. The maximum Gasteiger partial charge on any atom is 0.335 e. The van der Waals surface area contributed by atoms with Crippen molar-refractivity contribution in [3.63, 3.8) is 0 Å². The molecule has 2 aromatic rings. The number of imidazole rings is 1. The summed E-state index contributed by atoms with van der Waals surface area (Å²) in [7, 11) is 0. The number of fused-ring (bicyclic) bond motifs is 1.